The van der Waals surface area contributed by atoms with Gasteiger partial charge in [-0.05, 0) is 12.8 Å². The molecule has 6 nitrogen and oxygen atoms in total. The second-order valence-electron chi connectivity index (χ2n) is 3.91. The molecule has 0 rings (SSSR count). The van der Waals surface area contributed by atoms with Crippen LogP contribution in [0.4, 0.5) is 0 Å². The summed E-state index contributed by atoms with van der Waals surface area (Å²) in [5.41, 5.74) is 3.77. The van der Waals surface area contributed by atoms with Crippen molar-refractivity contribution in [1.29, 1.82) is 0 Å². The van der Waals surface area contributed by atoms with E-state index in [2.05, 4.69) is 5.32 Å². The molecule has 0 fully saturated rings. The molecule has 0 aromatic rings. The first-order chi connectivity index (χ1) is 8.38. The fourth-order valence-electron chi connectivity index (χ4n) is 1.45. The van der Waals surface area contributed by atoms with Gasteiger partial charge < -0.3 is 16.2 Å². The smallest absolute Gasteiger partial charge is 0.329 e. The molecule has 0 radical (unpaired) electrons. The maximum atomic E-state index is 11.6. The first-order valence-electron chi connectivity index (χ1n) is 5.78. The topological polar surface area (TPSA) is 109 Å². The van der Waals surface area contributed by atoms with Crippen molar-refractivity contribution in [2.24, 2.45) is 5.73 Å². The number of carboxylic acid groups (broad SMARTS) is 1. The first kappa shape index (κ1) is 16.8. The van der Waals surface area contributed by atoms with Gasteiger partial charge in [-0.3, -0.25) is 9.59 Å². The lowest BCUT2D eigenvalue weighted by Gasteiger charge is -2.28. The minimum Gasteiger partial charge on any atom is -0.480 e. The summed E-state index contributed by atoms with van der Waals surface area (Å²) in [7, 11) is 0. The number of hydrogen-bond donors (Lipinski definition) is 3. The highest BCUT2D eigenvalue weighted by atomic mass is 32.2. The van der Waals surface area contributed by atoms with Gasteiger partial charge in [-0.1, -0.05) is 13.8 Å². The van der Waals surface area contributed by atoms with Crippen molar-refractivity contribution >= 4 is 29.5 Å². The molecule has 104 valence electrons. The number of aliphatic carboxylic acids is 1. The molecule has 0 saturated carbocycles. The first-order valence-corrected chi connectivity index (χ1v) is 6.94. The molecule has 0 saturated heterocycles. The van der Waals surface area contributed by atoms with Crippen LogP contribution in [0.15, 0.2) is 0 Å². The maximum Gasteiger partial charge on any atom is 0.329 e. The summed E-state index contributed by atoms with van der Waals surface area (Å²) < 4.78 is 0. The van der Waals surface area contributed by atoms with Crippen molar-refractivity contribution in [2.45, 2.75) is 38.6 Å². The quantitative estimate of drug-likeness (QED) is 0.527. The van der Waals surface area contributed by atoms with Crippen molar-refractivity contribution in [3.8, 4) is 0 Å². The number of rotatable bonds is 9. The lowest BCUT2D eigenvalue weighted by Crippen LogP contribution is -2.53. The Balaban J connectivity index is 4.19. The molecule has 0 aromatic carbocycles. The molecule has 7 heteroatoms. The van der Waals surface area contributed by atoms with Gasteiger partial charge >= 0.3 is 5.97 Å². The Morgan fingerprint density at radius 1 is 1.28 bits per heavy atom. The molecule has 0 aliphatic carbocycles. The minimum atomic E-state index is -1.19. The third kappa shape index (κ3) is 5.39. The summed E-state index contributed by atoms with van der Waals surface area (Å²) in [5.74, 6) is -1.16. The van der Waals surface area contributed by atoms with Crippen molar-refractivity contribution in [1.82, 2.24) is 5.32 Å². The number of carboxylic acids is 1. The average Bonchev–Trinajstić information content (AvgIpc) is 2.31. The summed E-state index contributed by atoms with van der Waals surface area (Å²) in [6, 6.07) is 0. The van der Waals surface area contributed by atoms with E-state index in [1.807, 2.05) is 0 Å². The van der Waals surface area contributed by atoms with E-state index in [0.29, 0.717) is 18.6 Å². The Hall–Kier alpha value is -1.24. The van der Waals surface area contributed by atoms with Gasteiger partial charge in [0, 0.05) is 12.2 Å². The van der Waals surface area contributed by atoms with Crippen molar-refractivity contribution in [2.75, 3.05) is 11.5 Å². The fourth-order valence-corrected chi connectivity index (χ4v) is 2.12. The van der Waals surface area contributed by atoms with E-state index in [1.54, 1.807) is 13.8 Å². The van der Waals surface area contributed by atoms with Gasteiger partial charge in [-0.15, -0.1) is 0 Å². The number of thioether (sulfide) groups is 1. The van der Waals surface area contributed by atoms with Crippen LogP contribution in [0, 0.1) is 0 Å². The zero-order chi connectivity index (χ0) is 14.2. The number of carbonyl (C=O) groups excluding carboxylic acids is 2. The van der Waals surface area contributed by atoms with E-state index >= 15 is 0 Å². The Morgan fingerprint density at radius 2 is 1.83 bits per heavy atom. The lowest BCUT2D eigenvalue weighted by molar-refractivity contribution is -0.148. The van der Waals surface area contributed by atoms with Crippen LogP contribution in [0.5, 0.6) is 0 Å². The van der Waals surface area contributed by atoms with Crippen LogP contribution in [0.25, 0.3) is 0 Å². The number of hydrogen-bond acceptors (Lipinski definition) is 4. The lowest BCUT2D eigenvalue weighted by atomic mass is 9.93. The van der Waals surface area contributed by atoms with E-state index in [1.165, 1.54) is 11.8 Å². The molecule has 0 atom stereocenters. The van der Waals surface area contributed by atoms with E-state index in [0.717, 1.165) is 0 Å². The summed E-state index contributed by atoms with van der Waals surface area (Å²) in [6.45, 7) is 3.44. The summed E-state index contributed by atoms with van der Waals surface area (Å²) in [6.07, 6.45) is 0.838. The second kappa shape index (κ2) is 7.97. The Labute approximate surface area is 111 Å². The zero-order valence-electron chi connectivity index (χ0n) is 10.7. The molecular formula is C11H20N2O4S. The third-order valence-corrected chi connectivity index (χ3v) is 3.69. The molecule has 0 aliphatic rings. The van der Waals surface area contributed by atoms with Gasteiger partial charge in [-0.25, -0.2) is 4.79 Å². The van der Waals surface area contributed by atoms with Crippen LogP contribution >= 0.6 is 11.8 Å². The highest BCUT2D eigenvalue weighted by Gasteiger charge is 2.35. The molecule has 0 bridgehead atoms. The Morgan fingerprint density at radius 3 is 2.22 bits per heavy atom. The van der Waals surface area contributed by atoms with Gasteiger partial charge in [-0.2, -0.15) is 11.8 Å². The average molecular weight is 276 g/mol. The summed E-state index contributed by atoms with van der Waals surface area (Å²) in [5, 5.41) is 11.7. The normalized spacial score (nSPS) is 11.0. The number of nitrogens with one attached hydrogen (secondary N) is 1. The molecule has 18 heavy (non-hydrogen) atoms. The number of nitrogens with two attached hydrogens (primary N) is 1. The van der Waals surface area contributed by atoms with Crippen molar-refractivity contribution in [3.63, 3.8) is 0 Å². The standard InChI is InChI=1S/C11H20N2O4S/c1-3-11(4-2,10(16)17)13-9(15)5-6-18-7-8(12)14/h3-7H2,1-2H3,(H2,12,14)(H,13,15)(H,16,17). The van der Waals surface area contributed by atoms with E-state index in [9.17, 15) is 14.4 Å². The summed E-state index contributed by atoms with van der Waals surface area (Å²) in [4.78, 5) is 33.3. The molecule has 0 spiro atoms. The van der Waals surface area contributed by atoms with E-state index in [4.69, 9.17) is 10.8 Å². The minimum absolute atomic E-state index is 0.166. The maximum absolute atomic E-state index is 11.6. The largest absolute Gasteiger partial charge is 0.480 e. The predicted octanol–water partition coefficient (Wildman–Crippen LogP) is 0.355. The van der Waals surface area contributed by atoms with Crippen LogP contribution in [-0.2, 0) is 14.4 Å². The fraction of sp³-hybridized carbons (Fsp3) is 0.727. The monoisotopic (exact) mass is 276 g/mol. The van der Waals surface area contributed by atoms with Crippen LogP contribution in [-0.4, -0.2) is 39.9 Å². The zero-order valence-corrected chi connectivity index (χ0v) is 11.5. The highest BCUT2D eigenvalue weighted by molar-refractivity contribution is 7.99. The van der Waals surface area contributed by atoms with Crippen LogP contribution < -0.4 is 11.1 Å². The van der Waals surface area contributed by atoms with E-state index < -0.39 is 17.4 Å². The van der Waals surface area contributed by atoms with Gasteiger partial charge in [0.1, 0.15) is 5.54 Å². The van der Waals surface area contributed by atoms with Crippen molar-refractivity contribution in [3.05, 3.63) is 0 Å². The van der Waals surface area contributed by atoms with Crippen LogP contribution in [0.3, 0.4) is 0 Å². The predicted molar refractivity (Wildman–Crippen MR) is 70.2 cm³/mol. The number of primary amides is 1. The van der Waals surface area contributed by atoms with Crippen LogP contribution in [0.2, 0.25) is 0 Å². The molecule has 0 heterocycles. The number of amides is 2. The molecular weight excluding hydrogens is 256 g/mol. The third-order valence-electron chi connectivity index (χ3n) is 2.71. The highest BCUT2D eigenvalue weighted by Crippen LogP contribution is 2.16. The van der Waals surface area contributed by atoms with Crippen LogP contribution in [0.1, 0.15) is 33.1 Å². The van der Waals surface area contributed by atoms with Crippen molar-refractivity contribution < 1.29 is 19.5 Å². The van der Waals surface area contributed by atoms with Gasteiger partial charge in [0.15, 0.2) is 0 Å². The Bertz CT molecular complexity index is 316. The van der Waals surface area contributed by atoms with Gasteiger partial charge in [0.2, 0.25) is 11.8 Å². The second-order valence-corrected chi connectivity index (χ2v) is 5.02. The van der Waals surface area contributed by atoms with Gasteiger partial charge in [0.25, 0.3) is 0 Å². The number of carbonyl (C=O) groups is 3. The molecule has 4 N–H and O–H groups in total. The summed E-state index contributed by atoms with van der Waals surface area (Å²) >= 11 is 1.26. The van der Waals surface area contributed by atoms with Gasteiger partial charge in [0.05, 0.1) is 5.75 Å². The SMILES string of the molecule is CCC(CC)(NC(=O)CCSCC(N)=O)C(=O)O. The molecule has 0 aliphatic heterocycles. The Kier molecular flexibility index (Phi) is 7.42. The van der Waals surface area contributed by atoms with E-state index in [-0.39, 0.29) is 18.1 Å². The molecule has 0 unspecified atom stereocenters. The molecule has 0 aromatic heterocycles. The molecule has 2 amide bonds.